The number of aliphatic hydroxyl groups is 1. The molecule has 5 heteroatoms. The van der Waals surface area contributed by atoms with Crippen molar-refractivity contribution in [3.8, 4) is 0 Å². The molecule has 0 bridgehead atoms. The summed E-state index contributed by atoms with van der Waals surface area (Å²) in [6.07, 6.45) is 5.76. The number of halogens is 1. The van der Waals surface area contributed by atoms with E-state index < -0.39 is 0 Å². The fraction of sp³-hybridized carbons (Fsp3) is 0.409. The van der Waals surface area contributed by atoms with Gasteiger partial charge < -0.3 is 15.3 Å². The van der Waals surface area contributed by atoms with E-state index in [2.05, 4.69) is 42.3 Å². The molecular formula is C22H28FN3O. The molecule has 0 saturated carbocycles. The number of likely N-dealkylation sites (tertiary alicyclic amines) is 1. The molecule has 2 N–H and O–H groups in total. The van der Waals surface area contributed by atoms with Gasteiger partial charge in [-0.25, -0.2) is 4.39 Å². The molecule has 3 rings (SSSR count). The molecule has 0 amide bonds. The highest BCUT2D eigenvalue weighted by Gasteiger charge is 2.24. The number of anilines is 1. The molecule has 0 radical (unpaired) electrons. The SMILES string of the molecule is CNc1cc(C)ccc1C(=NCC1=C(F)C=CC=C(O)C1)N1CCC(C)C1. The molecule has 0 spiro atoms. The first-order valence-electron chi connectivity index (χ1n) is 9.50. The van der Waals surface area contributed by atoms with Crippen LogP contribution in [-0.2, 0) is 0 Å². The number of rotatable bonds is 4. The highest BCUT2D eigenvalue weighted by molar-refractivity contribution is 6.03. The maximum absolute atomic E-state index is 14.3. The molecule has 1 heterocycles. The van der Waals surface area contributed by atoms with Crippen LogP contribution in [-0.4, -0.2) is 42.5 Å². The smallest absolute Gasteiger partial charge is 0.133 e. The van der Waals surface area contributed by atoms with Crippen LogP contribution in [0.15, 0.2) is 58.6 Å². The Balaban J connectivity index is 1.97. The van der Waals surface area contributed by atoms with E-state index in [1.165, 1.54) is 23.8 Å². The number of hydrogen-bond donors (Lipinski definition) is 2. The fourth-order valence-electron chi connectivity index (χ4n) is 3.57. The van der Waals surface area contributed by atoms with Gasteiger partial charge >= 0.3 is 0 Å². The molecule has 144 valence electrons. The van der Waals surface area contributed by atoms with Crippen molar-refractivity contribution in [2.45, 2.75) is 26.7 Å². The summed E-state index contributed by atoms with van der Waals surface area (Å²) in [5.74, 6) is 1.35. The zero-order valence-electron chi connectivity index (χ0n) is 16.3. The van der Waals surface area contributed by atoms with Crippen molar-refractivity contribution < 1.29 is 9.50 Å². The predicted molar refractivity (Wildman–Crippen MR) is 110 cm³/mol. The number of nitrogens with zero attached hydrogens (tertiary/aromatic N) is 2. The van der Waals surface area contributed by atoms with E-state index in [9.17, 15) is 9.50 Å². The Morgan fingerprint density at radius 2 is 2.22 bits per heavy atom. The highest BCUT2D eigenvalue weighted by atomic mass is 19.1. The van der Waals surface area contributed by atoms with Gasteiger partial charge in [0.05, 0.1) is 12.3 Å². The molecule has 1 aliphatic heterocycles. The lowest BCUT2D eigenvalue weighted by molar-refractivity contribution is 0.396. The number of aliphatic imine (C=N–C) groups is 1. The summed E-state index contributed by atoms with van der Waals surface area (Å²) in [5.41, 5.74) is 3.73. The summed E-state index contributed by atoms with van der Waals surface area (Å²) in [6, 6.07) is 6.26. The van der Waals surface area contributed by atoms with Crippen LogP contribution >= 0.6 is 0 Å². The van der Waals surface area contributed by atoms with Gasteiger partial charge in [-0.05, 0) is 54.7 Å². The maximum Gasteiger partial charge on any atom is 0.133 e. The minimum Gasteiger partial charge on any atom is -0.512 e. The Morgan fingerprint density at radius 3 is 2.93 bits per heavy atom. The molecule has 1 aromatic carbocycles. The van der Waals surface area contributed by atoms with Crippen molar-refractivity contribution >= 4 is 11.5 Å². The average Bonchev–Trinajstić information content (AvgIpc) is 3.00. The molecule has 1 atom stereocenters. The van der Waals surface area contributed by atoms with Gasteiger partial charge in [0.1, 0.15) is 11.7 Å². The van der Waals surface area contributed by atoms with Crippen LogP contribution in [0.3, 0.4) is 0 Å². The van der Waals surface area contributed by atoms with Crippen LogP contribution in [0.2, 0.25) is 0 Å². The molecule has 27 heavy (non-hydrogen) atoms. The van der Waals surface area contributed by atoms with E-state index in [-0.39, 0.29) is 24.6 Å². The van der Waals surface area contributed by atoms with E-state index in [0.29, 0.717) is 11.5 Å². The molecular weight excluding hydrogens is 341 g/mol. The lowest BCUT2D eigenvalue weighted by Gasteiger charge is -2.23. The van der Waals surface area contributed by atoms with Crippen LogP contribution in [0.5, 0.6) is 0 Å². The summed E-state index contributed by atoms with van der Waals surface area (Å²) >= 11 is 0. The third kappa shape index (κ3) is 4.59. The first-order chi connectivity index (χ1) is 13.0. The predicted octanol–water partition coefficient (Wildman–Crippen LogP) is 4.75. The summed E-state index contributed by atoms with van der Waals surface area (Å²) in [4.78, 5) is 7.12. The van der Waals surface area contributed by atoms with Crippen LogP contribution in [0.25, 0.3) is 0 Å². The fourth-order valence-corrected chi connectivity index (χ4v) is 3.57. The number of amidine groups is 1. The van der Waals surface area contributed by atoms with Gasteiger partial charge in [-0.3, -0.25) is 4.99 Å². The number of benzene rings is 1. The second kappa shape index (κ2) is 8.42. The van der Waals surface area contributed by atoms with E-state index in [1.54, 1.807) is 0 Å². The van der Waals surface area contributed by atoms with Crippen molar-refractivity contribution in [3.63, 3.8) is 0 Å². The Bertz CT molecular complexity index is 823. The number of hydrogen-bond acceptors (Lipinski definition) is 3. The van der Waals surface area contributed by atoms with E-state index in [0.717, 1.165) is 36.6 Å². The Hall–Kier alpha value is -2.56. The van der Waals surface area contributed by atoms with Crippen molar-refractivity contribution in [2.24, 2.45) is 10.9 Å². The molecule has 1 aliphatic carbocycles. The largest absolute Gasteiger partial charge is 0.512 e. The number of allylic oxidation sites excluding steroid dienone is 5. The van der Waals surface area contributed by atoms with Crippen LogP contribution in [0.4, 0.5) is 10.1 Å². The lowest BCUT2D eigenvalue weighted by atomic mass is 10.1. The normalized spacial score (nSPS) is 20.7. The zero-order valence-corrected chi connectivity index (χ0v) is 16.3. The van der Waals surface area contributed by atoms with E-state index >= 15 is 0 Å². The van der Waals surface area contributed by atoms with Crippen LogP contribution in [0, 0.1) is 12.8 Å². The summed E-state index contributed by atoms with van der Waals surface area (Å²) in [5, 5.41) is 13.1. The van der Waals surface area contributed by atoms with Gasteiger partial charge in [0.15, 0.2) is 0 Å². The third-order valence-corrected chi connectivity index (χ3v) is 5.09. The topological polar surface area (TPSA) is 47.9 Å². The van der Waals surface area contributed by atoms with Crippen molar-refractivity contribution in [2.75, 3.05) is 32.0 Å². The highest BCUT2D eigenvalue weighted by Crippen LogP contribution is 2.26. The third-order valence-electron chi connectivity index (χ3n) is 5.09. The second-order valence-corrected chi connectivity index (χ2v) is 7.42. The number of aliphatic hydroxyl groups excluding tert-OH is 1. The Kier molecular flexibility index (Phi) is 5.99. The standard InChI is InChI=1S/C22H28FN3O/c1-15-7-8-19(21(11-15)24-3)22(26-10-9-16(2)14-26)25-13-17-12-18(27)5-4-6-20(17)23/h4-8,11,16,24,27H,9-10,12-14H2,1-3H3. The van der Waals surface area contributed by atoms with Crippen molar-refractivity contribution in [1.82, 2.24) is 4.90 Å². The number of aryl methyl sites for hydroxylation is 1. The zero-order chi connectivity index (χ0) is 19.4. The Morgan fingerprint density at radius 1 is 1.41 bits per heavy atom. The molecule has 1 fully saturated rings. The first-order valence-corrected chi connectivity index (χ1v) is 9.50. The van der Waals surface area contributed by atoms with Gasteiger partial charge in [-0.1, -0.05) is 19.1 Å². The number of nitrogens with one attached hydrogen (secondary N) is 1. The summed E-state index contributed by atoms with van der Waals surface area (Å²) < 4.78 is 14.3. The van der Waals surface area contributed by atoms with Gasteiger partial charge in [0.2, 0.25) is 0 Å². The second-order valence-electron chi connectivity index (χ2n) is 7.42. The van der Waals surface area contributed by atoms with Crippen molar-refractivity contribution in [1.29, 1.82) is 0 Å². The monoisotopic (exact) mass is 369 g/mol. The summed E-state index contributed by atoms with van der Waals surface area (Å²) in [7, 11) is 1.91. The van der Waals surface area contributed by atoms with Gasteiger partial charge in [-0.15, -0.1) is 0 Å². The van der Waals surface area contributed by atoms with Gasteiger partial charge in [-0.2, -0.15) is 0 Å². The average molecular weight is 369 g/mol. The minimum atomic E-state index is -0.314. The quantitative estimate of drug-likeness (QED) is 0.595. The lowest BCUT2D eigenvalue weighted by Crippen LogP contribution is -2.30. The summed E-state index contributed by atoms with van der Waals surface area (Å²) in [6.45, 7) is 6.43. The van der Waals surface area contributed by atoms with Crippen LogP contribution < -0.4 is 5.32 Å². The van der Waals surface area contributed by atoms with E-state index in [1.807, 2.05) is 7.05 Å². The molecule has 0 aromatic heterocycles. The minimum absolute atomic E-state index is 0.159. The van der Waals surface area contributed by atoms with Gasteiger partial charge in [0, 0.05) is 37.8 Å². The first kappa shape index (κ1) is 19.2. The molecule has 4 nitrogen and oxygen atoms in total. The molecule has 2 aliphatic rings. The molecule has 1 saturated heterocycles. The van der Waals surface area contributed by atoms with E-state index in [4.69, 9.17) is 4.99 Å². The Labute approximate surface area is 160 Å². The van der Waals surface area contributed by atoms with Crippen LogP contribution in [0.1, 0.15) is 30.9 Å². The van der Waals surface area contributed by atoms with Gasteiger partial charge in [0.25, 0.3) is 0 Å². The maximum atomic E-state index is 14.3. The molecule has 1 unspecified atom stereocenters. The molecule has 1 aromatic rings. The van der Waals surface area contributed by atoms with Crippen molar-refractivity contribution in [3.05, 3.63) is 64.7 Å².